The van der Waals surface area contributed by atoms with Crippen molar-refractivity contribution in [2.24, 2.45) is 0 Å². The molecule has 1 aliphatic heterocycles. The van der Waals surface area contributed by atoms with Gasteiger partial charge in [0.25, 0.3) is 5.91 Å². The average Bonchev–Trinajstić information content (AvgIpc) is 2.70. The van der Waals surface area contributed by atoms with Gasteiger partial charge < -0.3 is 15.4 Å². The summed E-state index contributed by atoms with van der Waals surface area (Å²) < 4.78 is 18.2. The standard InChI is InChI=1S/C19H24FN5O2/c20-16-3-1-15(2-4-16)5-7-22-19-23-8-6-17(24-19)18(26)21-9-10-25-11-13-27-14-12-25/h1-4,6,8H,5,7,9-14H2,(H,21,26)(H,22,23,24). The first-order valence-corrected chi connectivity index (χ1v) is 9.10. The molecule has 1 saturated heterocycles. The van der Waals surface area contributed by atoms with Crippen LogP contribution in [0.2, 0.25) is 0 Å². The molecule has 0 bridgehead atoms. The van der Waals surface area contributed by atoms with Crippen molar-refractivity contribution in [1.82, 2.24) is 20.2 Å². The Balaban J connectivity index is 1.43. The molecule has 1 fully saturated rings. The number of hydrogen-bond donors (Lipinski definition) is 2. The number of anilines is 1. The van der Waals surface area contributed by atoms with Crippen LogP contribution in [0, 0.1) is 5.82 Å². The molecule has 0 aliphatic carbocycles. The van der Waals surface area contributed by atoms with Crippen molar-refractivity contribution >= 4 is 11.9 Å². The second kappa shape index (κ2) is 9.94. The zero-order chi connectivity index (χ0) is 18.9. The highest BCUT2D eigenvalue weighted by molar-refractivity contribution is 5.92. The SMILES string of the molecule is O=C(NCCN1CCOCC1)c1ccnc(NCCc2ccc(F)cc2)n1. The second-order valence-corrected chi connectivity index (χ2v) is 6.28. The topological polar surface area (TPSA) is 79.4 Å². The minimum atomic E-state index is -0.248. The normalized spacial score (nSPS) is 14.7. The minimum absolute atomic E-state index is 0.216. The van der Waals surface area contributed by atoms with Gasteiger partial charge in [0.15, 0.2) is 0 Å². The third-order valence-electron chi connectivity index (χ3n) is 4.32. The number of benzene rings is 1. The van der Waals surface area contributed by atoms with Gasteiger partial charge in [-0.3, -0.25) is 9.69 Å². The summed E-state index contributed by atoms with van der Waals surface area (Å²) in [4.78, 5) is 22.9. The molecular weight excluding hydrogens is 349 g/mol. The number of morpholine rings is 1. The number of hydrogen-bond acceptors (Lipinski definition) is 6. The van der Waals surface area contributed by atoms with Crippen LogP contribution in [-0.2, 0) is 11.2 Å². The summed E-state index contributed by atoms with van der Waals surface area (Å²) in [5, 5.41) is 5.98. The van der Waals surface area contributed by atoms with E-state index < -0.39 is 0 Å². The fourth-order valence-electron chi connectivity index (χ4n) is 2.78. The molecule has 7 nitrogen and oxygen atoms in total. The molecule has 1 amide bonds. The molecular formula is C19H24FN5O2. The van der Waals surface area contributed by atoms with E-state index in [0.717, 1.165) is 38.4 Å². The molecule has 0 radical (unpaired) electrons. The predicted molar refractivity (Wildman–Crippen MR) is 100 cm³/mol. The minimum Gasteiger partial charge on any atom is -0.379 e. The van der Waals surface area contributed by atoms with Crippen LogP contribution in [-0.4, -0.2) is 66.7 Å². The van der Waals surface area contributed by atoms with E-state index in [1.807, 2.05) is 0 Å². The van der Waals surface area contributed by atoms with E-state index in [1.165, 1.54) is 12.1 Å². The molecule has 1 aliphatic rings. The maximum Gasteiger partial charge on any atom is 0.270 e. The van der Waals surface area contributed by atoms with Crippen LogP contribution >= 0.6 is 0 Å². The number of carbonyl (C=O) groups excluding carboxylic acids is 1. The molecule has 2 N–H and O–H groups in total. The summed E-state index contributed by atoms with van der Waals surface area (Å²) in [5.74, 6) is -0.0624. The first-order valence-electron chi connectivity index (χ1n) is 9.10. The van der Waals surface area contributed by atoms with Crippen molar-refractivity contribution < 1.29 is 13.9 Å². The number of nitrogens with one attached hydrogen (secondary N) is 2. The number of nitrogens with zero attached hydrogens (tertiary/aromatic N) is 3. The van der Waals surface area contributed by atoms with Crippen LogP contribution in [0.3, 0.4) is 0 Å². The van der Waals surface area contributed by atoms with E-state index in [4.69, 9.17) is 4.74 Å². The molecule has 3 rings (SSSR count). The maximum absolute atomic E-state index is 12.9. The highest BCUT2D eigenvalue weighted by atomic mass is 19.1. The Morgan fingerprint density at radius 3 is 2.70 bits per heavy atom. The van der Waals surface area contributed by atoms with Gasteiger partial charge in [-0.15, -0.1) is 0 Å². The van der Waals surface area contributed by atoms with Crippen molar-refractivity contribution in [3.8, 4) is 0 Å². The largest absolute Gasteiger partial charge is 0.379 e. The zero-order valence-electron chi connectivity index (χ0n) is 15.2. The first-order chi connectivity index (χ1) is 13.2. The Hall–Kier alpha value is -2.58. The third kappa shape index (κ3) is 6.26. The van der Waals surface area contributed by atoms with Crippen LogP contribution in [0.1, 0.15) is 16.1 Å². The van der Waals surface area contributed by atoms with E-state index in [2.05, 4.69) is 25.5 Å². The van der Waals surface area contributed by atoms with Crippen LogP contribution in [0.15, 0.2) is 36.5 Å². The lowest BCUT2D eigenvalue weighted by Crippen LogP contribution is -2.41. The molecule has 0 spiro atoms. The van der Waals surface area contributed by atoms with Crippen molar-refractivity contribution in [3.63, 3.8) is 0 Å². The first kappa shape index (κ1) is 19.2. The molecule has 2 heterocycles. The second-order valence-electron chi connectivity index (χ2n) is 6.28. The highest BCUT2D eigenvalue weighted by Gasteiger charge is 2.12. The molecule has 1 aromatic carbocycles. The summed E-state index contributed by atoms with van der Waals surface area (Å²) in [7, 11) is 0. The van der Waals surface area contributed by atoms with Gasteiger partial charge in [0.1, 0.15) is 11.5 Å². The molecule has 0 unspecified atom stereocenters. The number of halogens is 1. The number of rotatable bonds is 8. The Morgan fingerprint density at radius 2 is 1.93 bits per heavy atom. The molecule has 0 atom stereocenters. The van der Waals surface area contributed by atoms with Crippen molar-refractivity contribution in [2.75, 3.05) is 51.3 Å². The van der Waals surface area contributed by atoms with Gasteiger partial charge in [0.05, 0.1) is 13.2 Å². The number of aromatic nitrogens is 2. The average molecular weight is 373 g/mol. The van der Waals surface area contributed by atoms with Gasteiger partial charge >= 0.3 is 0 Å². The summed E-state index contributed by atoms with van der Waals surface area (Å²) >= 11 is 0. The van der Waals surface area contributed by atoms with Gasteiger partial charge in [0, 0.05) is 38.9 Å². The van der Waals surface area contributed by atoms with Gasteiger partial charge in [-0.05, 0) is 30.2 Å². The number of ether oxygens (including phenoxy) is 1. The summed E-state index contributed by atoms with van der Waals surface area (Å²) in [6.07, 6.45) is 2.27. The molecule has 0 saturated carbocycles. The summed E-state index contributed by atoms with van der Waals surface area (Å²) in [6.45, 7) is 5.23. The maximum atomic E-state index is 12.9. The van der Waals surface area contributed by atoms with E-state index in [1.54, 1.807) is 24.4 Å². The quantitative estimate of drug-likeness (QED) is 0.727. The third-order valence-corrected chi connectivity index (χ3v) is 4.32. The van der Waals surface area contributed by atoms with E-state index >= 15 is 0 Å². The Morgan fingerprint density at radius 1 is 1.15 bits per heavy atom. The fraction of sp³-hybridized carbons (Fsp3) is 0.421. The summed E-state index contributed by atoms with van der Waals surface area (Å²) in [6, 6.07) is 7.96. The van der Waals surface area contributed by atoms with Crippen LogP contribution in [0.4, 0.5) is 10.3 Å². The molecule has 144 valence electrons. The lowest BCUT2D eigenvalue weighted by atomic mass is 10.1. The fourth-order valence-corrected chi connectivity index (χ4v) is 2.78. The van der Waals surface area contributed by atoms with E-state index in [9.17, 15) is 9.18 Å². The Kier molecular flexibility index (Phi) is 7.06. The molecule has 27 heavy (non-hydrogen) atoms. The van der Waals surface area contributed by atoms with Gasteiger partial charge in [0.2, 0.25) is 5.95 Å². The van der Waals surface area contributed by atoms with Crippen LogP contribution in [0.25, 0.3) is 0 Å². The van der Waals surface area contributed by atoms with Crippen molar-refractivity contribution in [3.05, 3.63) is 53.6 Å². The lowest BCUT2D eigenvalue weighted by Gasteiger charge is -2.26. The molecule has 8 heteroatoms. The number of carbonyl (C=O) groups is 1. The zero-order valence-corrected chi connectivity index (χ0v) is 15.2. The van der Waals surface area contributed by atoms with Crippen molar-refractivity contribution in [1.29, 1.82) is 0 Å². The van der Waals surface area contributed by atoms with Gasteiger partial charge in [-0.1, -0.05) is 12.1 Å². The van der Waals surface area contributed by atoms with E-state index in [-0.39, 0.29) is 11.7 Å². The predicted octanol–water partition coefficient (Wildman–Crippen LogP) is 1.33. The Labute approximate surface area is 158 Å². The Bertz CT molecular complexity index is 735. The number of amides is 1. The molecule has 2 aromatic rings. The lowest BCUT2D eigenvalue weighted by molar-refractivity contribution is 0.0383. The summed E-state index contributed by atoms with van der Waals surface area (Å²) in [5.41, 5.74) is 1.34. The van der Waals surface area contributed by atoms with Crippen molar-refractivity contribution in [2.45, 2.75) is 6.42 Å². The smallest absolute Gasteiger partial charge is 0.270 e. The monoisotopic (exact) mass is 373 g/mol. The van der Waals surface area contributed by atoms with E-state index in [0.29, 0.717) is 31.2 Å². The van der Waals surface area contributed by atoms with Crippen LogP contribution in [0.5, 0.6) is 0 Å². The van der Waals surface area contributed by atoms with Gasteiger partial charge in [-0.2, -0.15) is 0 Å². The highest BCUT2D eigenvalue weighted by Crippen LogP contribution is 2.05. The molecule has 1 aromatic heterocycles. The van der Waals surface area contributed by atoms with Crippen LogP contribution < -0.4 is 10.6 Å². The van der Waals surface area contributed by atoms with Gasteiger partial charge in [-0.25, -0.2) is 14.4 Å².